The Labute approximate surface area is 95.9 Å². The van der Waals surface area contributed by atoms with Gasteiger partial charge in [0.25, 0.3) is 0 Å². The van der Waals surface area contributed by atoms with Crippen LogP contribution in [0.2, 0.25) is 0 Å². The summed E-state index contributed by atoms with van der Waals surface area (Å²) in [4.78, 5) is 11.4. The predicted octanol–water partition coefficient (Wildman–Crippen LogP) is 2.97. The van der Waals surface area contributed by atoms with Gasteiger partial charge in [0, 0.05) is 6.08 Å². The number of esters is 1. The lowest BCUT2D eigenvalue weighted by molar-refractivity contribution is -0.137. The van der Waals surface area contributed by atoms with Crippen LogP contribution in [0.1, 0.15) is 30.9 Å². The van der Waals surface area contributed by atoms with Gasteiger partial charge in [0.05, 0.1) is 6.61 Å². The van der Waals surface area contributed by atoms with E-state index in [2.05, 4.69) is 12.1 Å². The summed E-state index contributed by atoms with van der Waals surface area (Å²) in [5, 5.41) is 0. The molecule has 1 aliphatic rings. The molecule has 0 radical (unpaired) electrons. The van der Waals surface area contributed by atoms with E-state index in [0.717, 1.165) is 24.8 Å². The molecular weight excluding hydrogens is 200 g/mol. The Hall–Kier alpha value is -1.57. The highest BCUT2D eigenvalue weighted by molar-refractivity contribution is 5.92. The quantitative estimate of drug-likeness (QED) is 0.561. The number of carbonyl (C=O) groups excluding carboxylic acids is 1. The van der Waals surface area contributed by atoms with E-state index in [0.29, 0.717) is 6.61 Å². The molecule has 2 heteroatoms. The van der Waals surface area contributed by atoms with Gasteiger partial charge in [-0.1, -0.05) is 24.3 Å². The molecule has 0 spiro atoms. The largest absolute Gasteiger partial charge is 0.463 e. The zero-order valence-electron chi connectivity index (χ0n) is 9.53. The normalized spacial score (nSPS) is 16.9. The van der Waals surface area contributed by atoms with E-state index in [1.807, 2.05) is 19.1 Å². The summed E-state index contributed by atoms with van der Waals surface area (Å²) in [6.07, 6.45) is 4.83. The summed E-state index contributed by atoms with van der Waals surface area (Å²) in [6.45, 7) is 2.26. The minimum Gasteiger partial charge on any atom is -0.463 e. The lowest BCUT2D eigenvalue weighted by Gasteiger charge is -2.18. The molecule has 0 saturated heterocycles. The van der Waals surface area contributed by atoms with E-state index < -0.39 is 0 Å². The van der Waals surface area contributed by atoms with Crippen LogP contribution in [0.15, 0.2) is 30.3 Å². The fourth-order valence-corrected chi connectivity index (χ4v) is 2.13. The molecule has 16 heavy (non-hydrogen) atoms. The van der Waals surface area contributed by atoms with Gasteiger partial charge in [0.15, 0.2) is 0 Å². The Morgan fingerprint density at radius 1 is 1.38 bits per heavy atom. The zero-order chi connectivity index (χ0) is 11.4. The first-order valence-electron chi connectivity index (χ1n) is 5.77. The molecule has 0 aromatic heterocycles. The second-order valence-electron chi connectivity index (χ2n) is 3.93. The fourth-order valence-electron chi connectivity index (χ4n) is 2.13. The summed E-state index contributed by atoms with van der Waals surface area (Å²) in [5.74, 6) is -0.228. The molecule has 2 nitrogen and oxygen atoms in total. The molecule has 0 saturated carbocycles. The number of fused-ring (bicyclic) bond motifs is 1. The Morgan fingerprint density at radius 3 is 3.00 bits per heavy atom. The van der Waals surface area contributed by atoms with Crippen molar-refractivity contribution in [3.63, 3.8) is 0 Å². The summed E-state index contributed by atoms with van der Waals surface area (Å²) in [7, 11) is 0. The molecule has 0 amide bonds. The second kappa shape index (κ2) is 4.97. The lowest BCUT2D eigenvalue weighted by Crippen LogP contribution is -2.05. The molecule has 0 aliphatic heterocycles. The van der Waals surface area contributed by atoms with Crippen LogP contribution in [-0.2, 0) is 16.0 Å². The Balaban J connectivity index is 2.28. The molecule has 84 valence electrons. The Kier molecular flexibility index (Phi) is 3.40. The summed E-state index contributed by atoms with van der Waals surface area (Å²) in [6, 6.07) is 8.28. The van der Waals surface area contributed by atoms with E-state index in [4.69, 9.17) is 4.74 Å². The van der Waals surface area contributed by atoms with E-state index in [1.165, 1.54) is 11.1 Å². The molecule has 0 atom stereocenters. The maximum atomic E-state index is 11.4. The third kappa shape index (κ3) is 2.32. The average molecular weight is 216 g/mol. The number of rotatable bonds is 2. The Bertz CT molecular complexity index is 418. The van der Waals surface area contributed by atoms with Crippen molar-refractivity contribution in [3.05, 3.63) is 41.5 Å². The second-order valence-corrected chi connectivity index (χ2v) is 3.93. The van der Waals surface area contributed by atoms with Crippen LogP contribution < -0.4 is 0 Å². The maximum Gasteiger partial charge on any atom is 0.331 e. The van der Waals surface area contributed by atoms with Crippen LogP contribution in [-0.4, -0.2) is 12.6 Å². The number of hydrogen-bond acceptors (Lipinski definition) is 2. The van der Waals surface area contributed by atoms with Gasteiger partial charge >= 0.3 is 5.97 Å². The number of allylic oxidation sites excluding steroid dienone is 1. The summed E-state index contributed by atoms with van der Waals surface area (Å²) < 4.78 is 4.94. The number of aryl methyl sites for hydroxylation is 1. The summed E-state index contributed by atoms with van der Waals surface area (Å²) >= 11 is 0. The van der Waals surface area contributed by atoms with Crippen LogP contribution in [0, 0.1) is 0 Å². The molecule has 0 fully saturated rings. The molecule has 0 heterocycles. The minimum atomic E-state index is -0.228. The van der Waals surface area contributed by atoms with Crippen molar-refractivity contribution in [2.75, 3.05) is 6.61 Å². The van der Waals surface area contributed by atoms with Crippen LogP contribution in [0.4, 0.5) is 0 Å². The minimum absolute atomic E-state index is 0.228. The first kappa shape index (κ1) is 10.9. The van der Waals surface area contributed by atoms with Crippen LogP contribution in [0.25, 0.3) is 5.57 Å². The van der Waals surface area contributed by atoms with Crippen molar-refractivity contribution in [2.45, 2.75) is 26.2 Å². The van der Waals surface area contributed by atoms with E-state index in [9.17, 15) is 4.79 Å². The maximum absolute atomic E-state index is 11.4. The predicted molar refractivity (Wildman–Crippen MR) is 64.0 cm³/mol. The number of benzene rings is 1. The third-order valence-corrected chi connectivity index (χ3v) is 2.83. The van der Waals surface area contributed by atoms with Gasteiger partial charge in [-0.2, -0.15) is 0 Å². The van der Waals surface area contributed by atoms with Crippen molar-refractivity contribution in [1.29, 1.82) is 0 Å². The smallest absolute Gasteiger partial charge is 0.331 e. The Morgan fingerprint density at radius 2 is 2.19 bits per heavy atom. The van der Waals surface area contributed by atoms with Gasteiger partial charge in [-0.05, 0) is 42.9 Å². The molecule has 0 unspecified atom stereocenters. The van der Waals surface area contributed by atoms with Gasteiger partial charge in [-0.15, -0.1) is 0 Å². The highest BCUT2D eigenvalue weighted by Crippen LogP contribution is 2.30. The van der Waals surface area contributed by atoms with Gasteiger partial charge in [-0.25, -0.2) is 4.79 Å². The van der Waals surface area contributed by atoms with Crippen molar-refractivity contribution in [1.82, 2.24) is 0 Å². The van der Waals surface area contributed by atoms with Crippen molar-refractivity contribution < 1.29 is 9.53 Å². The molecule has 0 bridgehead atoms. The fraction of sp³-hybridized carbons (Fsp3) is 0.357. The van der Waals surface area contributed by atoms with Gasteiger partial charge in [0.2, 0.25) is 0 Å². The van der Waals surface area contributed by atoms with Crippen LogP contribution >= 0.6 is 0 Å². The highest BCUT2D eigenvalue weighted by Gasteiger charge is 2.14. The molecule has 1 aromatic carbocycles. The SMILES string of the molecule is CCOC(=O)/C=C1\CCCc2ccccc21. The van der Waals surface area contributed by atoms with Gasteiger partial charge in [-0.3, -0.25) is 0 Å². The lowest BCUT2D eigenvalue weighted by atomic mass is 9.87. The third-order valence-electron chi connectivity index (χ3n) is 2.83. The number of hydrogen-bond donors (Lipinski definition) is 0. The monoisotopic (exact) mass is 216 g/mol. The van der Waals surface area contributed by atoms with Crippen molar-refractivity contribution in [2.24, 2.45) is 0 Å². The molecule has 1 aromatic rings. The number of carbonyl (C=O) groups is 1. The van der Waals surface area contributed by atoms with E-state index in [1.54, 1.807) is 6.08 Å². The van der Waals surface area contributed by atoms with E-state index in [-0.39, 0.29) is 5.97 Å². The number of ether oxygens (including phenoxy) is 1. The van der Waals surface area contributed by atoms with Crippen molar-refractivity contribution in [3.8, 4) is 0 Å². The summed E-state index contributed by atoms with van der Waals surface area (Å²) in [5.41, 5.74) is 3.66. The van der Waals surface area contributed by atoms with Crippen LogP contribution in [0.3, 0.4) is 0 Å². The van der Waals surface area contributed by atoms with Gasteiger partial charge in [0.1, 0.15) is 0 Å². The zero-order valence-corrected chi connectivity index (χ0v) is 9.53. The molecule has 2 rings (SSSR count). The van der Waals surface area contributed by atoms with E-state index >= 15 is 0 Å². The van der Waals surface area contributed by atoms with Crippen molar-refractivity contribution >= 4 is 11.5 Å². The molecule has 0 N–H and O–H groups in total. The van der Waals surface area contributed by atoms with Crippen LogP contribution in [0.5, 0.6) is 0 Å². The highest BCUT2D eigenvalue weighted by atomic mass is 16.5. The molecular formula is C14H16O2. The first-order chi connectivity index (χ1) is 7.81. The average Bonchev–Trinajstić information content (AvgIpc) is 2.30. The van der Waals surface area contributed by atoms with Gasteiger partial charge < -0.3 is 4.74 Å². The standard InChI is InChI=1S/C14H16O2/c1-2-16-14(15)10-12-8-5-7-11-6-3-4-9-13(11)12/h3-4,6,9-10H,2,5,7-8H2,1H3/b12-10+. The molecule has 1 aliphatic carbocycles. The first-order valence-corrected chi connectivity index (χ1v) is 5.77. The topological polar surface area (TPSA) is 26.3 Å².